The van der Waals surface area contributed by atoms with Gasteiger partial charge in [-0.3, -0.25) is 10.1 Å². The number of anilines is 1. The number of aromatic nitrogens is 1. The molecular formula is C17H21N3O3S2. The van der Waals surface area contributed by atoms with Crippen molar-refractivity contribution in [2.75, 3.05) is 18.4 Å². The molecule has 0 saturated carbocycles. The van der Waals surface area contributed by atoms with Crippen LogP contribution in [0.2, 0.25) is 0 Å². The number of hydrogen-bond donors (Lipinski definition) is 1. The zero-order chi connectivity index (χ0) is 18.0. The molecule has 1 amide bonds. The third kappa shape index (κ3) is 4.08. The van der Waals surface area contributed by atoms with Crippen LogP contribution in [0, 0.1) is 12.8 Å². The Hall–Kier alpha value is -1.77. The summed E-state index contributed by atoms with van der Waals surface area (Å²) in [7, 11) is -3.50. The maximum atomic E-state index is 12.7. The first-order chi connectivity index (χ1) is 11.9. The number of piperidine rings is 1. The summed E-state index contributed by atoms with van der Waals surface area (Å²) in [6.45, 7) is 5.02. The van der Waals surface area contributed by atoms with Crippen LogP contribution >= 0.6 is 11.3 Å². The number of carbonyl (C=O) groups excluding carboxylic acids is 1. The Balaban J connectivity index is 1.74. The molecule has 25 heavy (non-hydrogen) atoms. The second kappa shape index (κ2) is 7.23. The SMILES string of the molecule is Cc1csc(NC(=O)c2ccc(S(=O)(=O)N3CCCC(C)C3)cc2)n1. The number of amides is 1. The summed E-state index contributed by atoms with van der Waals surface area (Å²) in [5.74, 6) is 0.0696. The summed E-state index contributed by atoms with van der Waals surface area (Å²) in [6.07, 6.45) is 1.94. The number of carbonyl (C=O) groups is 1. The van der Waals surface area contributed by atoms with Crippen LogP contribution < -0.4 is 5.32 Å². The first kappa shape index (κ1) is 18.0. The van der Waals surface area contributed by atoms with Crippen LogP contribution in [0.1, 0.15) is 35.8 Å². The van der Waals surface area contributed by atoms with Crippen molar-refractivity contribution in [1.29, 1.82) is 0 Å². The summed E-state index contributed by atoms with van der Waals surface area (Å²) < 4.78 is 27.0. The van der Waals surface area contributed by atoms with Gasteiger partial charge in [0, 0.05) is 24.0 Å². The van der Waals surface area contributed by atoms with Gasteiger partial charge in [-0.25, -0.2) is 13.4 Å². The molecule has 0 radical (unpaired) electrons. The van der Waals surface area contributed by atoms with Crippen molar-refractivity contribution in [2.24, 2.45) is 5.92 Å². The van der Waals surface area contributed by atoms with Crippen molar-refractivity contribution in [3.63, 3.8) is 0 Å². The summed E-state index contributed by atoms with van der Waals surface area (Å²) in [5.41, 5.74) is 1.25. The van der Waals surface area contributed by atoms with E-state index in [0.717, 1.165) is 18.5 Å². The van der Waals surface area contributed by atoms with Crippen LogP contribution in [0.4, 0.5) is 5.13 Å². The Labute approximate surface area is 151 Å². The van der Waals surface area contributed by atoms with Gasteiger partial charge >= 0.3 is 0 Å². The lowest BCUT2D eigenvalue weighted by Crippen LogP contribution is -2.39. The first-order valence-electron chi connectivity index (χ1n) is 8.20. The maximum absolute atomic E-state index is 12.7. The van der Waals surface area contributed by atoms with Gasteiger partial charge in [-0.1, -0.05) is 6.92 Å². The third-order valence-electron chi connectivity index (χ3n) is 4.21. The van der Waals surface area contributed by atoms with Crippen molar-refractivity contribution in [3.05, 3.63) is 40.9 Å². The lowest BCUT2D eigenvalue weighted by atomic mass is 10.0. The molecule has 8 heteroatoms. The molecule has 1 unspecified atom stereocenters. The second-order valence-corrected chi connectivity index (χ2v) is 9.18. The summed E-state index contributed by atoms with van der Waals surface area (Å²) in [5, 5.41) is 5.10. The molecule has 0 aliphatic carbocycles. The molecular weight excluding hydrogens is 358 g/mol. The quantitative estimate of drug-likeness (QED) is 0.885. The van der Waals surface area contributed by atoms with Crippen LogP contribution in [-0.4, -0.2) is 36.7 Å². The molecule has 2 aromatic rings. The van der Waals surface area contributed by atoms with Gasteiger partial charge in [0.05, 0.1) is 10.6 Å². The smallest absolute Gasteiger partial charge is 0.257 e. The van der Waals surface area contributed by atoms with Crippen molar-refractivity contribution in [2.45, 2.75) is 31.6 Å². The highest BCUT2D eigenvalue weighted by atomic mass is 32.2. The Kier molecular flexibility index (Phi) is 5.21. The van der Waals surface area contributed by atoms with Crippen molar-refractivity contribution >= 4 is 32.4 Å². The molecule has 1 fully saturated rings. The van der Waals surface area contributed by atoms with E-state index in [4.69, 9.17) is 0 Å². The molecule has 0 bridgehead atoms. The third-order valence-corrected chi connectivity index (χ3v) is 6.97. The highest BCUT2D eigenvalue weighted by Crippen LogP contribution is 2.24. The minimum Gasteiger partial charge on any atom is -0.298 e. The van der Waals surface area contributed by atoms with Gasteiger partial charge in [-0.2, -0.15) is 4.31 Å². The highest BCUT2D eigenvalue weighted by molar-refractivity contribution is 7.89. The Bertz CT molecular complexity index is 860. The molecule has 3 rings (SSSR count). The van der Waals surface area contributed by atoms with Gasteiger partial charge in [0.1, 0.15) is 0 Å². The molecule has 1 aromatic carbocycles. The van der Waals surface area contributed by atoms with Gasteiger partial charge < -0.3 is 0 Å². The van der Waals surface area contributed by atoms with E-state index in [1.165, 1.54) is 39.9 Å². The van der Waals surface area contributed by atoms with E-state index in [0.29, 0.717) is 29.7 Å². The van der Waals surface area contributed by atoms with E-state index in [1.54, 1.807) is 0 Å². The normalized spacial score (nSPS) is 18.9. The molecule has 1 atom stereocenters. The predicted molar refractivity (Wildman–Crippen MR) is 98.4 cm³/mol. The molecule has 1 aliphatic rings. The summed E-state index contributed by atoms with van der Waals surface area (Å²) in [4.78, 5) is 16.6. The second-order valence-electron chi connectivity index (χ2n) is 6.38. The summed E-state index contributed by atoms with van der Waals surface area (Å²) in [6, 6.07) is 6.07. The topological polar surface area (TPSA) is 79.4 Å². The fourth-order valence-electron chi connectivity index (χ4n) is 2.87. The standard InChI is InChI=1S/C17H21N3O3S2/c1-12-4-3-9-20(10-12)25(22,23)15-7-5-14(6-8-15)16(21)19-17-18-13(2)11-24-17/h5-8,11-12H,3-4,9-10H2,1-2H3,(H,18,19,21). The molecule has 1 saturated heterocycles. The van der Waals surface area contributed by atoms with Crippen molar-refractivity contribution < 1.29 is 13.2 Å². The van der Waals surface area contributed by atoms with Crippen LogP contribution in [0.25, 0.3) is 0 Å². The monoisotopic (exact) mass is 379 g/mol. The van der Waals surface area contributed by atoms with E-state index in [1.807, 2.05) is 12.3 Å². The minimum atomic E-state index is -3.50. The molecule has 134 valence electrons. The van der Waals surface area contributed by atoms with Gasteiger partial charge in [0.15, 0.2) is 5.13 Å². The molecule has 6 nitrogen and oxygen atoms in total. The van der Waals surface area contributed by atoms with Gasteiger partial charge in [-0.15, -0.1) is 11.3 Å². The van der Waals surface area contributed by atoms with E-state index in [9.17, 15) is 13.2 Å². The molecule has 2 heterocycles. The fraction of sp³-hybridized carbons (Fsp3) is 0.412. The zero-order valence-corrected chi connectivity index (χ0v) is 15.9. The molecule has 0 spiro atoms. The molecule has 1 N–H and O–H groups in total. The van der Waals surface area contributed by atoms with Crippen LogP contribution in [0.15, 0.2) is 34.5 Å². The van der Waals surface area contributed by atoms with E-state index < -0.39 is 10.0 Å². The lowest BCUT2D eigenvalue weighted by molar-refractivity contribution is 0.102. The zero-order valence-electron chi connectivity index (χ0n) is 14.2. The van der Waals surface area contributed by atoms with Crippen LogP contribution in [0.5, 0.6) is 0 Å². The largest absolute Gasteiger partial charge is 0.298 e. The minimum absolute atomic E-state index is 0.225. The number of benzene rings is 1. The predicted octanol–water partition coefficient (Wildman–Crippen LogP) is 3.12. The molecule has 1 aromatic heterocycles. The van der Waals surface area contributed by atoms with E-state index in [-0.39, 0.29) is 10.8 Å². The highest BCUT2D eigenvalue weighted by Gasteiger charge is 2.28. The number of sulfonamides is 1. The number of nitrogens with one attached hydrogen (secondary N) is 1. The van der Waals surface area contributed by atoms with Crippen LogP contribution in [-0.2, 0) is 10.0 Å². The van der Waals surface area contributed by atoms with Crippen LogP contribution in [0.3, 0.4) is 0 Å². The Morgan fingerprint density at radius 2 is 2.04 bits per heavy atom. The van der Waals surface area contributed by atoms with Crippen molar-refractivity contribution in [1.82, 2.24) is 9.29 Å². The number of nitrogens with zero attached hydrogens (tertiary/aromatic N) is 2. The van der Waals surface area contributed by atoms with Gasteiger partial charge in [0.25, 0.3) is 5.91 Å². The van der Waals surface area contributed by atoms with Gasteiger partial charge in [-0.05, 0) is 49.9 Å². The first-order valence-corrected chi connectivity index (χ1v) is 10.5. The Morgan fingerprint density at radius 3 is 2.64 bits per heavy atom. The average Bonchev–Trinajstić information content (AvgIpc) is 3.00. The van der Waals surface area contributed by atoms with Gasteiger partial charge in [0.2, 0.25) is 10.0 Å². The lowest BCUT2D eigenvalue weighted by Gasteiger charge is -2.30. The Morgan fingerprint density at radius 1 is 1.32 bits per heavy atom. The number of aryl methyl sites for hydroxylation is 1. The maximum Gasteiger partial charge on any atom is 0.257 e. The van der Waals surface area contributed by atoms with E-state index >= 15 is 0 Å². The average molecular weight is 380 g/mol. The molecule has 1 aliphatic heterocycles. The number of thiazole rings is 1. The van der Waals surface area contributed by atoms with E-state index in [2.05, 4.69) is 17.2 Å². The number of hydrogen-bond acceptors (Lipinski definition) is 5. The fourth-order valence-corrected chi connectivity index (χ4v) is 5.15. The summed E-state index contributed by atoms with van der Waals surface area (Å²) >= 11 is 1.35. The number of rotatable bonds is 4. The van der Waals surface area contributed by atoms with Crippen molar-refractivity contribution in [3.8, 4) is 0 Å².